The molecule has 0 bridgehead atoms. The van der Waals surface area contributed by atoms with Gasteiger partial charge in [-0.05, 0) is 48.7 Å². The lowest BCUT2D eigenvalue weighted by Crippen LogP contribution is -2.05. The normalized spacial score (nSPS) is 12.5. The fourth-order valence-corrected chi connectivity index (χ4v) is 1.97. The van der Waals surface area contributed by atoms with Gasteiger partial charge < -0.3 is 5.11 Å². The fraction of sp³-hybridized carbons (Fsp3) is 0.200. The largest absolute Gasteiger partial charge is 0.384 e. The molecular formula is C15H14F2O. The van der Waals surface area contributed by atoms with Crippen LogP contribution in [0.25, 0.3) is 0 Å². The van der Waals surface area contributed by atoms with Gasteiger partial charge in [0.1, 0.15) is 17.7 Å². The number of aliphatic hydroxyl groups excluding tert-OH is 1. The van der Waals surface area contributed by atoms with Crippen LogP contribution in [-0.2, 0) is 0 Å². The van der Waals surface area contributed by atoms with E-state index in [-0.39, 0.29) is 11.4 Å². The van der Waals surface area contributed by atoms with E-state index < -0.39 is 11.9 Å². The van der Waals surface area contributed by atoms with Crippen LogP contribution in [0.4, 0.5) is 8.78 Å². The van der Waals surface area contributed by atoms with Gasteiger partial charge in [-0.1, -0.05) is 18.2 Å². The lowest BCUT2D eigenvalue weighted by molar-refractivity contribution is 0.214. The average Bonchev–Trinajstić information content (AvgIpc) is 2.28. The van der Waals surface area contributed by atoms with Crippen LogP contribution < -0.4 is 0 Å². The van der Waals surface area contributed by atoms with Crippen molar-refractivity contribution in [1.29, 1.82) is 0 Å². The maximum atomic E-state index is 13.8. The molecule has 1 N–H and O–H groups in total. The number of benzene rings is 2. The zero-order valence-electron chi connectivity index (χ0n) is 10.2. The zero-order chi connectivity index (χ0) is 13.3. The summed E-state index contributed by atoms with van der Waals surface area (Å²) in [6.45, 7) is 3.47. The lowest BCUT2D eigenvalue weighted by Gasteiger charge is -2.15. The summed E-state index contributed by atoms with van der Waals surface area (Å²) in [5.74, 6) is -0.820. The smallest absolute Gasteiger partial charge is 0.129 e. The summed E-state index contributed by atoms with van der Waals surface area (Å²) >= 11 is 0. The molecule has 0 aliphatic carbocycles. The summed E-state index contributed by atoms with van der Waals surface area (Å²) in [6.07, 6.45) is -1.08. The average molecular weight is 248 g/mol. The van der Waals surface area contributed by atoms with Gasteiger partial charge in [-0.3, -0.25) is 0 Å². The Morgan fingerprint density at radius 1 is 0.944 bits per heavy atom. The number of aryl methyl sites for hydroxylation is 2. The van der Waals surface area contributed by atoms with Crippen LogP contribution in [-0.4, -0.2) is 5.11 Å². The highest BCUT2D eigenvalue weighted by Crippen LogP contribution is 2.27. The Morgan fingerprint density at radius 3 is 2.22 bits per heavy atom. The van der Waals surface area contributed by atoms with Crippen molar-refractivity contribution in [3.8, 4) is 0 Å². The maximum Gasteiger partial charge on any atom is 0.129 e. The van der Waals surface area contributed by atoms with Gasteiger partial charge in [0.2, 0.25) is 0 Å². The number of rotatable bonds is 2. The van der Waals surface area contributed by atoms with Crippen LogP contribution in [0, 0.1) is 25.5 Å². The molecule has 2 aromatic carbocycles. The van der Waals surface area contributed by atoms with Crippen molar-refractivity contribution in [1.82, 2.24) is 0 Å². The molecule has 0 aliphatic heterocycles. The molecule has 1 atom stereocenters. The number of hydrogen-bond donors (Lipinski definition) is 1. The molecule has 0 fully saturated rings. The summed E-state index contributed by atoms with van der Waals surface area (Å²) < 4.78 is 26.8. The predicted octanol–water partition coefficient (Wildman–Crippen LogP) is 3.66. The topological polar surface area (TPSA) is 20.2 Å². The number of halogens is 2. The highest BCUT2D eigenvalue weighted by Gasteiger charge is 2.17. The third-order valence-corrected chi connectivity index (χ3v) is 2.98. The molecule has 1 nitrogen and oxygen atoms in total. The molecule has 0 radical (unpaired) electrons. The molecule has 2 aromatic rings. The Labute approximate surface area is 105 Å². The highest BCUT2D eigenvalue weighted by atomic mass is 19.1. The van der Waals surface area contributed by atoms with Gasteiger partial charge in [0.25, 0.3) is 0 Å². The van der Waals surface area contributed by atoms with Crippen LogP contribution in [0.2, 0.25) is 0 Å². The molecule has 3 heteroatoms. The van der Waals surface area contributed by atoms with E-state index in [1.54, 1.807) is 26.0 Å². The Hall–Kier alpha value is -1.74. The van der Waals surface area contributed by atoms with E-state index in [1.807, 2.05) is 0 Å². The van der Waals surface area contributed by atoms with Crippen LogP contribution >= 0.6 is 0 Å². The maximum absolute atomic E-state index is 13.8. The summed E-state index contributed by atoms with van der Waals surface area (Å²) in [6, 6.07) is 8.73. The molecule has 0 saturated carbocycles. The minimum atomic E-state index is -1.08. The molecule has 0 spiro atoms. The first-order chi connectivity index (χ1) is 8.49. The Morgan fingerprint density at radius 2 is 1.61 bits per heavy atom. The van der Waals surface area contributed by atoms with E-state index in [0.717, 1.165) is 5.56 Å². The van der Waals surface area contributed by atoms with Gasteiger partial charge in [0.15, 0.2) is 0 Å². The second-order valence-electron chi connectivity index (χ2n) is 4.43. The molecule has 0 heterocycles. The predicted molar refractivity (Wildman–Crippen MR) is 66.3 cm³/mol. The first-order valence-corrected chi connectivity index (χ1v) is 5.69. The van der Waals surface area contributed by atoms with Crippen molar-refractivity contribution in [2.45, 2.75) is 20.0 Å². The lowest BCUT2D eigenvalue weighted by atomic mass is 9.96. The Bertz CT molecular complexity index is 527. The van der Waals surface area contributed by atoms with Crippen molar-refractivity contribution in [2.75, 3.05) is 0 Å². The molecule has 0 amide bonds. The third kappa shape index (κ3) is 2.41. The summed E-state index contributed by atoms with van der Waals surface area (Å²) in [7, 11) is 0. The van der Waals surface area contributed by atoms with Gasteiger partial charge in [-0.15, -0.1) is 0 Å². The number of aliphatic hydroxyl groups is 1. The minimum absolute atomic E-state index is 0.204. The van der Waals surface area contributed by atoms with E-state index in [0.29, 0.717) is 11.1 Å². The van der Waals surface area contributed by atoms with Crippen molar-refractivity contribution in [3.05, 3.63) is 70.3 Å². The summed E-state index contributed by atoms with van der Waals surface area (Å²) in [5.41, 5.74) is 2.11. The van der Waals surface area contributed by atoms with Crippen LogP contribution in [0.15, 0.2) is 36.4 Å². The van der Waals surface area contributed by atoms with Gasteiger partial charge in [0.05, 0.1) is 0 Å². The zero-order valence-corrected chi connectivity index (χ0v) is 10.2. The highest BCUT2D eigenvalue weighted by molar-refractivity contribution is 5.37. The molecular weight excluding hydrogens is 234 g/mol. The van der Waals surface area contributed by atoms with E-state index in [9.17, 15) is 13.9 Å². The molecule has 1 unspecified atom stereocenters. The van der Waals surface area contributed by atoms with Gasteiger partial charge in [0, 0.05) is 5.56 Å². The van der Waals surface area contributed by atoms with E-state index in [1.165, 1.54) is 24.3 Å². The second kappa shape index (κ2) is 4.86. The third-order valence-electron chi connectivity index (χ3n) is 2.98. The molecule has 94 valence electrons. The van der Waals surface area contributed by atoms with Crippen molar-refractivity contribution in [3.63, 3.8) is 0 Å². The van der Waals surface area contributed by atoms with Gasteiger partial charge >= 0.3 is 0 Å². The Balaban J connectivity index is 2.44. The van der Waals surface area contributed by atoms with Crippen molar-refractivity contribution >= 4 is 0 Å². The number of hydrogen-bond acceptors (Lipinski definition) is 1. The summed E-state index contributed by atoms with van der Waals surface area (Å²) in [5, 5.41) is 10.2. The van der Waals surface area contributed by atoms with Gasteiger partial charge in [-0.25, -0.2) is 8.78 Å². The van der Waals surface area contributed by atoms with Crippen LogP contribution in [0.3, 0.4) is 0 Å². The second-order valence-corrected chi connectivity index (χ2v) is 4.43. The quantitative estimate of drug-likeness (QED) is 0.859. The summed E-state index contributed by atoms with van der Waals surface area (Å²) in [4.78, 5) is 0. The van der Waals surface area contributed by atoms with Crippen molar-refractivity contribution in [2.24, 2.45) is 0 Å². The van der Waals surface area contributed by atoms with E-state index >= 15 is 0 Å². The fourth-order valence-electron chi connectivity index (χ4n) is 1.97. The molecule has 0 aliphatic rings. The van der Waals surface area contributed by atoms with E-state index in [2.05, 4.69) is 0 Å². The van der Waals surface area contributed by atoms with Gasteiger partial charge in [-0.2, -0.15) is 0 Å². The van der Waals surface area contributed by atoms with Crippen LogP contribution in [0.1, 0.15) is 28.4 Å². The van der Waals surface area contributed by atoms with Crippen molar-refractivity contribution < 1.29 is 13.9 Å². The van der Waals surface area contributed by atoms with Crippen LogP contribution in [0.5, 0.6) is 0 Å². The minimum Gasteiger partial charge on any atom is -0.384 e. The molecule has 2 rings (SSSR count). The molecule has 0 saturated heterocycles. The SMILES string of the molecule is Cc1ccc(C(O)c2ccc(F)cc2C)c(F)c1. The molecule has 0 aromatic heterocycles. The first kappa shape index (κ1) is 12.7. The Kier molecular flexibility index (Phi) is 3.43. The monoisotopic (exact) mass is 248 g/mol. The molecule has 18 heavy (non-hydrogen) atoms. The first-order valence-electron chi connectivity index (χ1n) is 5.69. The standard InChI is InChI=1S/C15H14F2O/c1-9-3-5-13(14(17)7-9)15(18)12-6-4-11(16)8-10(12)2/h3-8,15,18H,1-2H3. The van der Waals surface area contributed by atoms with E-state index in [4.69, 9.17) is 0 Å².